The SMILES string of the molecule is Cc1ccc(OC(=O)[C@@H]2O[C@@H]2c2ccccc2CCCCCCCCc2ccco2)c(C)c1. The van der Waals surface area contributed by atoms with E-state index < -0.39 is 6.10 Å². The van der Waals surface area contributed by atoms with Crippen molar-refractivity contribution in [3.8, 4) is 5.75 Å². The van der Waals surface area contributed by atoms with Gasteiger partial charge in [0.15, 0.2) is 6.10 Å². The molecule has 1 aromatic heterocycles. The Labute approximate surface area is 196 Å². The summed E-state index contributed by atoms with van der Waals surface area (Å²) in [5.41, 5.74) is 4.51. The number of epoxide rings is 1. The van der Waals surface area contributed by atoms with E-state index in [1.54, 1.807) is 6.26 Å². The lowest BCUT2D eigenvalue weighted by Crippen LogP contribution is -2.16. The average Bonchev–Trinajstić information content (AvgIpc) is 3.44. The van der Waals surface area contributed by atoms with Crippen molar-refractivity contribution in [2.24, 2.45) is 0 Å². The normalized spacial score (nSPS) is 17.2. The third-order valence-corrected chi connectivity index (χ3v) is 6.33. The van der Waals surface area contributed by atoms with E-state index in [0.29, 0.717) is 5.75 Å². The molecule has 0 N–H and O–H groups in total. The van der Waals surface area contributed by atoms with Crippen LogP contribution in [-0.4, -0.2) is 12.1 Å². The lowest BCUT2D eigenvalue weighted by atomic mass is 9.97. The van der Waals surface area contributed by atoms with E-state index in [9.17, 15) is 4.79 Å². The smallest absolute Gasteiger partial charge is 0.343 e. The van der Waals surface area contributed by atoms with E-state index >= 15 is 0 Å². The minimum absolute atomic E-state index is 0.193. The van der Waals surface area contributed by atoms with Gasteiger partial charge in [-0.3, -0.25) is 0 Å². The number of carbonyl (C=O) groups is 1. The number of hydrogen-bond donors (Lipinski definition) is 0. The Hall–Kier alpha value is -2.85. The van der Waals surface area contributed by atoms with E-state index in [0.717, 1.165) is 41.7 Å². The Morgan fingerprint density at radius 3 is 2.39 bits per heavy atom. The summed E-state index contributed by atoms with van der Waals surface area (Å²) >= 11 is 0. The fourth-order valence-corrected chi connectivity index (χ4v) is 4.42. The van der Waals surface area contributed by atoms with Crippen molar-refractivity contribution in [1.82, 2.24) is 0 Å². The van der Waals surface area contributed by atoms with Crippen molar-refractivity contribution >= 4 is 5.97 Å². The van der Waals surface area contributed by atoms with Crippen LogP contribution in [-0.2, 0) is 22.4 Å². The van der Waals surface area contributed by atoms with Crippen molar-refractivity contribution in [1.29, 1.82) is 0 Å². The van der Waals surface area contributed by atoms with Crippen molar-refractivity contribution < 1.29 is 18.7 Å². The van der Waals surface area contributed by atoms with Crippen LogP contribution < -0.4 is 4.74 Å². The summed E-state index contributed by atoms with van der Waals surface area (Å²) in [7, 11) is 0. The molecule has 0 radical (unpaired) electrons. The zero-order chi connectivity index (χ0) is 23.0. The summed E-state index contributed by atoms with van der Waals surface area (Å²) in [6.07, 6.45) is 10.4. The molecule has 1 aliphatic heterocycles. The van der Waals surface area contributed by atoms with Crippen molar-refractivity contribution in [3.05, 3.63) is 88.9 Å². The molecule has 1 saturated heterocycles. The van der Waals surface area contributed by atoms with Gasteiger partial charge in [-0.15, -0.1) is 0 Å². The quantitative estimate of drug-likeness (QED) is 0.129. The second-order valence-electron chi connectivity index (χ2n) is 9.07. The van der Waals surface area contributed by atoms with E-state index in [1.165, 1.54) is 37.7 Å². The van der Waals surface area contributed by atoms with E-state index in [4.69, 9.17) is 13.9 Å². The molecule has 1 fully saturated rings. The number of unbranched alkanes of at least 4 members (excludes halogenated alkanes) is 5. The number of aryl methyl sites for hydroxylation is 4. The number of rotatable bonds is 12. The second-order valence-corrected chi connectivity index (χ2v) is 9.07. The molecular formula is C29H34O4. The molecule has 33 heavy (non-hydrogen) atoms. The van der Waals surface area contributed by atoms with Crippen LogP contribution in [0.1, 0.15) is 72.6 Å². The zero-order valence-electron chi connectivity index (χ0n) is 19.7. The molecule has 0 saturated carbocycles. The van der Waals surface area contributed by atoms with Crippen LogP contribution in [0, 0.1) is 13.8 Å². The molecule has 4 rings (SSSR count). The van der Waals surface area contributed by atoms with Gasteiger partial charge in [0.2, 0.25) is 0 Å². The van der Waals surface area contributed by atoms with Gasteiger partial charge in [-0.2, -0.15) is 0 Å². The first kappa shape index (κ1) is 23.3. The highest BCUT2D eigenvalue weighted by atomic mass is 16.6. The van der Waals surface area contributed by atoms with Crippen LogP contribution in [0.15, 0.2) is 65.3 Å². The Bertz CT molecular complexity index is 1040. The molecule has 0 spiro atoms. The summed E-state index contributed by atoms with van der Waals surface area (Å²) in [5, 5.41) is 0. The van der Waals surface area contributed by atoms with Gasteiger partial charge >= 0.3 is 5.97 Å². The van der Waals surface area contributed by atoms with Gasteiger partial charge in [0.05, 0.1) is 6.26 Å². The predicted molar refractivity (Wildman–Crippen MR) is 129 cm³/mol. The third kappa shape index (κ3) is 6.58. The molecule has 174 valence electrons. The maximum Gasteiger partial charge on any atom is 0.343 e. The first-order valence-electron chi connectivity index (χ1n) is 12.2. The molecule has 4 heteroatoms. The van der Waals surface area contributed by atoms with Gasteiger partial charge in [0, 0.05) is 6.42 Å². The van der Waals surface area contributed by atoms with Gasteiger partial charge in [0.1, 0.15) is 17.6 Å². The van der Waals surface area contributed by atoms with Crippen molar-refractivity contribution in [2.45, 2.75) is 77.4 Å². The van der Waals surface area contributed by atoms with Crippen molar-refractivity contribution in [2.75, 3.05) is 0 Å². The maximum atomic E-state index is 12.6. The van der Waals surface area contributed by atoms with Crippen molar-refractivity contribution in [3.63, 3.8) is 0 Å². The fourth-order valence-electron chi connectivity index (χ4n) is 4.42. The number of carbonyl (C=O) groups excluding carboxylic acids is 1. The summed E-state index contributed by atoms with van der Waals surface area (Å²) in [5.74, 6) is 1.39. The molecule has 2 aromatic carbocycles. The van der Waals surface area contributed by atoms with Gasteiger partial charge in [0.25, 0.3) is 0 Å². The largest absolute Gasteiger partial charge is 0.469 e. The fraction of sp³-hybridized carbons (Fsp3) is 0.414. The van der Waals surface area contributed by atoms with Crippen LogP contribution in [0.5, 0.6) is 5.75 Å². The Kier molecular flexibility index (Phi) is 8.01. The number of ether oxygens (including phenoxy) is 2. The maximum absolute atomic E-state index is 12.6. The Morgan fingerprint density at radius 1 is 0.879 bits per heavy atom. The minimum atomic E-state index is -0.513. The van der Waals surface area contributed by atoms with Crippen LogP contribution >= 0.6 is 0 Å². The average molecular weight is 447 g/mol. The molecule has 0 unspecified atom stereocenters. The molecule has 4 nitrogen and oxygen atoms in total. The standard InChI is InChI=1S/C29H34O4/c1-21-17-18-26(22(2)20-21)32-29(30)28-27(33-28)25-16-10-9-13-23(25)12-7-5-3-4-6-8-14-24-15-11-19-31-24/h9-11,13,15-20,27-28H,3-8,12,14H2,1-2H3/t27-,28-/m1/s1. The Morgan fingerprint density at radius 2 is 1.64 bits per heavy atom. The van der Waals surface area contributed by atoms with Gasteiger partial charge < -0.3 is 13.9 Å². The molecule has 0 aliphatic carbocycles. The van der Waals surface area contributed by atoms with Gasteiger partial charge in [-0.25, -0.2) is 4.79 Å². The second kappa shape index (κ2) is 11.3. The third-order valence-electron chi connectivity index (χ3n) is 6.33. The molecule has 2 atom stereocenters. The molecule has 2 heterocycles. The summed E-state index contributed by atoms with van der Waals surface area (Å²) in [6.45, 7) is 3.98. The van der Waals surface area contributed by atoms with Crippen LogP contribution in [0.3, 0.4) is 0 Å². The zero-order valence-corrected chi connectivity index (χ0v) is 19.7. The van der Waals surface area contributed by atoms with E-state index in [-0.39, 0.29) is 12.1 Å². The molecular weight excluding hydrogens is 412 g/mol. The highest BCUT2D eigenvalue weighted by molar-refractivity contribution is 5.81. The molecule has 3 aromatic rings. The topological polar surface area (TPSA) is 52.0 Å². The van der Waals surface area contributed by atoms with Crippen LogP contribution in [0.25, 0.3) is 0 Å². The molecule has 1 aliphatic rings. The predicted octanol–water partition coefficient (Wildman–Crippen LogP) is 7.07. The Balaban J connectivity index is 1.19. The number of furan rings is 1. The number of benzene rings is 2. The highest BCUT2D eigenvalue weighted by Gasteiger charge is 2.48. The number of hydrogen-bond acceptors (Lipinski definition) is 4. The molecule has 0 bridgehead atoms. The summed E-state index contributed by atoms with van der Waals surface area (Å²) < 4.78 is 16.8. The van der Waals surface area contributed by atoms with Crippen LogP contribution in [0.2, 0.25) is 0 Å². The lowest BCUT2D eigenvalue weighted by molar-refractivity contribution is -0.135. The van der Waals surface area contributed by atoms with Gasteiger partial charge in [-0.1, -0.05) is 67.6 Å². The van der Waals surface area contributed by atoms with E-state index in [1.807, 2.05) is 44.2 Å². The van der Waals surface area contributed by atoms with E-state index in [2.05, 4.69) is 24.3 Å². The molecule has 0 amide bonds. The first-order valence-corrected chi connectivity index (χ1v) is 12.2. The van der Waals surface area contributed by atoms with Crippen LogP contribution in [0.4, 0.5) is 0 Å². The summed E-state index contributed by atoms with van der Waals surface area (Å²) in [6, 6.07) is 18.2. The van der Waals surface area contributed by atoms with Gasteiger partial charge in [-0.05, 0) is 68.0 Å². The monoisotopic (exact) mass is 446 g/mol. The lowest BCUT2D eigenvalue weighted by Gasteiger charge is -2.08. The first-order chi connectivity index (χ1) is 16.1. The summed E-state index contributed by atoms with van der Waals surface area (Å²) in [4.78, 5) is 12.6. The number of esters is 1. The highest BCUT2D eigenvalue weighted by Crippen LogP contribution is 2.41. The minimum Gasteiger partial charge on any atom is -0.469 e.